The number of aromatic amines is 2. The van der Waals surface area contributed by atoms with Crippen LogP contribution in [-0.4, -0.2) is 30.0 Å². The molecule has 0 spiro atoms. The molecule has 4 N–H and O–H groups in total. The quantitative estimate of drug-likeness (QED) is 0.378. The minimum absolute atomic E-state index is 0.108. The van der Waals surface area contributed by atoms with E-state index in [4.69, 9.17) is 0 Å². The molecule has 5 aromatic rings. The molecule has 4 heterocycles. The first-order chi connectivity index (χ1) is 13.8. The van der Waals surface area contributed by atoms with Crippen molar-refractivity contribution >= 4 is 27.9 Å². The summed E-state index contributed by atoms with van der Waals surface area (Å²) in [5.74, 6) is 1.34. The lowest BCUT2D eigenvalue weighted by Gasteiger charge is -2.09. The van der Waals surface area contributed by atoms with Gasteiger partial charge >= 0.3 is 0 Å². The number of nitrogens with zero attached hydrogens (tertiary/aromatic N) is 3. The van der Waals surface area contributed by atoms with Gasteiger partial charge in [-0.3, -0.25) is 4.98 Å². The third-order valence-corrected chi connectivity index (χ3v) is 4.70. The molecule has 7 nitrogen and oxygen atoms in total. The van der Waals surface area contributed by atoms with Gasteiger partial charge in [-0.15, -0.1) is 0 Å². The highest BCUT2D eigenvalue weighted by Crippen LogP contribution is 2.31. The molecule has 0 aliphatic heterocycles. The minimum atomic E-state index is -0.108. The van der Waals surface area contributed by atoms with Gasteiger partial charge in [0.15, 0.2) is 0 Å². The number of H-pyrrole nitrogens is 2. The van der Waals surface area contributed by atoms with Crippen LogP contribution in [0.2, 0.25) is 0 Å². The van der Waals surface area contributed by atoms with Crippen LogP contribution in [-0.2, 0) is 13.2 Å². The van der Waals surface area contributed by atoms with Gasteiger partial charge in [0.1, 0.15) is 23.9 Å². The van der Waals surface area contributed by atoms with Crippen molar-refractivity contribution in [3.63, 3.8) is 0 Å². The fourth-order valence-electron chi connectivity index (χ4n) is 3.36. The summed E-state index contributed by atoms with van der Waals surface area (Å²) < 4.78 is 0. The third kappa shape index (κ3) is 2.97. The molecule has 0 aliphatic rings. The number of aliphatic hydroxyl groups is 1. The summed E-state index contributed by atoms with van der Waals surface area (Å²) in [5, 5.41) is 13.7. The van der Waals surface area contributed by atoms with Gasteiger partial charge in [0.05, 0.1) is 23.3 Å². The summed E-state index contributed by atoms with van der Waals surface area (Å²) in [6, 6.07) is 16.0. The summed E-state index contributed by atoms with van der Waals surface area (Å²) in [6.45, 7) is 0.488. The van der Waals surface area contributed by atoms with E-state index in [0.717, 1.165) is 44.7 Å². The van der Waals surface area contributed by atoms with Crippen molar-refractivity contribution in [1.82, 2.24) is 24.9 Å². The van der Waals surface area contributed by atoms with Crippen LogP contribution in [0.5, 0.6) is 0 Å². The lowest BCUT2D eigenvalue weighted by Crippen LogP contribution is -2.03. The number of benzene rings is 1. The first kappa shape index (κ1) is 16.5. The lowest BCUT2D eigenvalue weighted by molar-refractivity contribution is 0.273. The Morgan fingerprint density at radius 2 is 2.00 bits per heavy atom. The van der Waals surface area contributed by atoms with Crippen molar-refractivity contribution in [1.29, 1.82) is 0 Å². The molecule has 0 fully saturated rings. The van der Waals surface area contributed by atoms with Gasteiger partial charge in [0, 0.05) is 17.8 Å². The lowest BCUT2D eigenvalue weighted by atomic mass is 10.0. The molecule has 0 bridgehead atoms. The average Bonchev–Trinajstić information content (AvgIpc) is 3.38. The highest BCUT2D eigenvalue weighted by Gasteiger charge is 2.11. The zero-order valence-electron chi connectivity index (χ0n) is 15.0. The maximum Gasteiger partial charge on any atom is 0.140 e. The molecule has 1 aromatic carbocycles. The van der Waals surface area contributed by atoms with E-state index in [2.05, 4.69) is 30.2 Å². The number of imidazole rings is 1. The standard InChI is InChI=1S/C21H18N6O/c28-12-20-25-17-5-4-13(9-18(17)26-20)16-10-19(27-21-15(16)6-8-23-21)24-11-14-3-1-2-7-22-14/h1-10,28H,11-12H2,(H,25,26)(H2,23,24,27). The Labute approximate surface area is 160 Å². The number of aliphatic hydroxyl groups excluding tert-OH is 1. The van der Waals surface area contributed by atoms with Crippen LogP contribution in [0.1, 0.15) is 11.5 Å². The van der Waals surface area contributed by atoms with Crippen molar-refractivity contribution in [2.24, 2.45) is 0 Å². The molecule has 0 amide bonds. The zero-order valence-corrected chi connectivity index (χ0v) is 15.0. The van der Waals surface area contributed by atoms with Crippen molar-refractivity contribution in [3.8, 4) is 11.1 Å². The van der Waals surface area contributed by atoms with Gasteiger partial charge in [-0.05, 0) is 47.5 Å². The number of pyridine rings is 2. The van der Waals surface area contributed by atoms with Crippen LogP contribution in [0.4, 0.5) is 5.82 Å². The van der Waals surface area contributed by atoms with Crippen LogP contribution >= 0.6 is 0 Å². The summed E-state index contributed by atoms with van der Waals surface area (Å²) in [6.07, 6.45) is 3.67. The van der Waals surface area contributed by atoms with Gasteiger partial charge in [-0.25, -0.2) is 9.97 Å². The zero-order chi connectivity index (χ0) is 18.9. The second-order valence-electron chi connectivity index (χ2n) is 6.54. The van der Waals surface area contributed by atoms with Gasteiger partial charge < -0.3 is 20.4 Å². The van der Waals surface area contributed by atoms with E-state index >= 15 is 0 Å². The molecule has 7 heteroatoms. The summed E-state index contributed by atoms with van der Waals surface area (Å²) in [7, 11) is 0. The molecule has 4 aromatic heterocycles. The second-order valence-corrected chi connectivity index (χ2v) is 6.54. The molecule has 0 radical (unpaired) electrons. The summed E-state index contributed by atoms with van der Waals surface area (Å²) in [4.78, 5) is 19.7. The largest absolute Gasteiger partial charge is 0.388 e. The molecule has 0 aliphatic carbocycles. The SMILES string of the molecule is OCc1nc2ccc(-c3cc(NCc4ccccn4)nc4[nH]ccc34)cc2[nH]1. The Bertz CT molecular complexity index is 1260. The molecule has 0 atom stereocenters. The van der Waals surface area contributed by atoms with E-state index in [0.29, 0.717) is 12.4 Å². The maximum atomic E-state index is 9.31. The number of anilines is 1. The van der Waals surface area contributed by atoms with Crippen LogP contribution in [0, 0.1) is 0 Å². The maximum absolute atomic E-state index is 9.31. The van der Waals surface area contributed by atoms with Gasteiger partial charge in [-0.1, -0.05) is 12.1 Å². The Morgan fingerprint density at radius 1 is 1.04 bits per heavy atom. The summed E-state index contributed by atoms with van der Waals surface area (Å²) >= 11 is 0. The van der Waals surface area contributed by atoms with E-state index in [-0.39, 0.29) is 6.61 Å². The molecular weight excluding hydrogens is 352 g/mol. The molecular formula is C21H18N6O. The number of aromatic nitrogens is 5. The molecule has 28 heavy (non-hydrogen) atoms. The predicted molar refractivity (Wildman–Crippen MR) is 109 cm³/mol. The number of rotatable bonds is 5. The van der Waals surface area contributed by atoms with Crippen LogP contribution < -0.4 is 5.32 Å². The predicted octanol–water partition coefficient (Wildman–Crippen LogP) is 3.61. The highest BCUT2D eigenvalue weighted by atomic mass is 16.3. The fourth-order valence-corrected chi connectivity index (χ4v) is 3.36. The molecule has 138 valence electrons. The van der Waals surface area contributed by atoms with Gasteiger partial charge in [0.2, 0.25) is 0 Å². The van der Waals surface area contributed by atoms with Crippen molar-refractivity contribution < 1.29 is 5.11 Å². The van der Waals surface area contributed by atoms with E-state index < -0.39 is 0 Å². The number of fused-ring (bicyclic) bond motifs is 2. The van der Waals surface area contributed by atoms with E-state index in [1.807, 2.05) is 54.7 Å². The fraction of sp³-hybridized carbons (Fsp3) is 0.0952. The van der Waals surface area contributed by atoms with Crippen molar-refractivity contribution in [3.05, 3.63) is 72.4 Å². The Morgan fingerprint density at radius 3 is 2.86 bits per heavy atom. The van der Waals surface area contributed by atoms with Gasteiger partial charge in [0.25, 0.3) is 0 Å². The highest BCUT2D eigenvalue weighted by molar-refractivity contribution is 5.96. The first-order valence-electron chi connectivity index (χ1n) is 9.02. The Balaban J connectivity index is 1.55. The van der Waals surface area contributed by atoms with Crippen molar-refractivity contribution in [2.45, 2.75) is 13.2 Å². The molecule has 0 unspecified atom stereocenters. The van der Waals surface area contributed by atoms with Crippen LogP contribution in [0.3, 0.4) is 0 Å². The molecule has 0 saturated carbocycles. The second kappa shape index (κ2) is 6.79. The summed E-state index contributed by atoms with van der Waals surface area (Å²) in [5.41, 5.74) is 5.62. The molecule has 5 rings (SSSR count). The van der Waals surface area contributed by atoms with E-state index in [1.54, 1.807) is 6.20 Å². The molecule has 0 saturated heterocycles. The normalized spacial score (nSPS) is 11.3. The van der Waals surface area contributed by atoms with Crippen molar-refractivity contribution in [2.75, 3.05) is 5.32 Å². The third-order valence-electron chi connectivity index (χ3n) is 4.70. The topological polar surface area (TPSA) is 103 Å². The van der Waals surface area contributed by atoms with Crippen LogP contribution in [0.25, 0.3) is 33.2 Å². The Kier molecular flexibility index (Phi) is 3.99. The smallest absolute Gasteiger partial charge is 0.140 e. The number of nitrogens with one attached hydrogen (secondary N) is 3. The number of hydrogen-bond acceptors (Lipinski definition) is 5. The van der Waals surface area contributed by atoms with Gasteiger partial charge in [-0.2, -0.15) is 0 Å². The first-order valence-corrected chi connectivity index (χ1v) is 9.02. The average molecular weight is 370 g/mol. The Hall–Kier alpha value is -3.71. The monoisotopic (exact) mass is 370 g/mol. The van der Waals surface area contributed by atoms with Crippen LogP contribution in [0.15, 0.2) is 60.9 Å². The van der Waals surface area contributed by atoms with E-state index in [1.165, 1.54) is 0 Å². The minimum Gasteiger partial charge on any atom is -0.388 e. The number of hydrogen-bond donors (Lipinski definition) is 4. The van der Waals surface area contributed by atoms with E-state index in [9.17, 15) is 5.11 Å².